The predicted octanol–water partition coefficient (Wildman–Crippen LogP) is 1.19. The van der Waals surface area contributed by atoms with E-state index in [0.717, 1.165) is 11.1 Å². The van der Waals surface area contributed by atoms with Crippen molar-refractivity contribution in [3.63, 3.8) is 0 Å². The molecule has 4 rings (SSSR count). The summed E-state index contributed by atoms with van der Waals surface area (Å²) in [5.74, 6) is -0.591. The van der Waals surface area contributed by atoms with Crippen LogP contribution in [0.25, 0.3) is 0 Å². The van der Waals surface area contributed by atoms with Crippen LogP contribution in [0.3, 0.4) is 0 Å². The standard InChI is InChI=1S/C22H16Cl2N2O2.Na/c23-17-8-4-13(5-9-17)19-20(14-6-10-18(24)11-7-14)26-21(25-19)15-2-1-3-16(12-15)22(27)28;/h1-12,19-20H,(H,25,26)(H,27,28);/q;+1/p-1. The number of carboxylic acid groups (broad SMARTS) is 1. The number of rotatable bonds is 4. The maximum Gasteiger partial charge on any atom is 1.00 e. The van der Waals surface area contributed by atoms with Crippen LogP contribution in [0.5, 0.6) is 0 Å². The van der Waals surface area contributed by atoms with Gasteiger partial charge in [-0.15, -0.1) is 0 Å². The van der Waals surface area contributed by atoms with E-state index in [4.69, 9.17) is 28.2 Å². The number of hydrogen-bond donors (Lipinski definition) is 1. The Hall–Kier alpha value is -1.82. The molecule has 2 unspecified atom stereocenters. The molecule has 0 aliphatic carbocycles. The molecule has 7 heteroatoms. The van der Waals surface area contributed by atoms with Gasteiger partial charge in [-0.1, -0.05) is 65.7 Å². The number of carbonyl (C=O) groups excluding carboxylic acids is 1. The molecule has 0 fully saturated rings. The van der Waals surface area contributed by atoms with Gasteiger partial charge < -0.3 is 15.2 Å². The zero-order valence-corrected chi connectivity index (χ0v) is 19.1. The van der Waals surface area contributed by atoms with Crippen LogP contribution in [0.15, 0.2) is 77.8 Å². The summed E-state index contributed by atoms with van der Waals surface area (Å²) in [7, 11) is 0. The Balaban J connectivity index is 0.00000240. The first-order valence-corrected chi connectivity index (χ1v) is 9.44. The molecular weight excluding hydrogens is 418 g/mol. The number of halogens is 2. The summed E-state index contributed by atoms with van der Waals surface area (Å²) in [6.45, 7) is 0. The van der Waals surface area contributed by atoms with Crippen molar-refractivity contribution in [1.29, 1.82) is 0 Å². The van der Waals surface area contributed by atoms with Crippen LogP contribution >= 0.6 is 23.2 Å². The molecular formula is C22H15Cl2N2NaO2. The van der Waals surface area contributed by atoms with Crippen LogP contribution in [0.4, 0.5) is 0 Å². The Kier molecular flexibility index (Phi) is 7.04. The number of aromatic carboxylic acids is 1. The third-order valence-electron chi connectivity index (χ3n) is 4.69. The topological polar surface area (TPSA) is 64.5 Å². The van der Waals surface area contributed by atoms with E-state index in [1.54, 1.807) is 12.1 Å². The minimum absolute atomic E-state index is 0. The van der Waals surface area contributed by atoms with Crippen molar-refractivity contribution in [2.75, 3.05) is 0 Å². The van der Waals surface area contributed by atoms with Crippen LogP contribution in [-0.2, 0) is 0 Å². The molecule has 29 heavy (non-hydrogen) atoms. The van der Waals surface area contributed by atoms with Crippen molar-refractivity contribution in [1.82, 2.24) is 5.32 Å². The quantitative estimate of drug-likeness (QED) is 0.629. The Morgan fingerprint density at radius 3 is 2.07 bits per heavy atom. The molecule has 2 atom stereocenters. The van der Waals surface area contributed by atoms with Crippen molar-refractivity contribution in [3.8, 4) is 0 Å². The van der Waals surface area contributed by atoms with E-state index in [-0.39, 0.29) is 47.2 Å². The van der Waals surface area contributed by atoms with Crippen molar-refractivity contribution in [2.45, 2.75) is 12.1 Å². The smallest absolute Gasteiger partial charge is 0.545 e. The van der Waals surface area contributed by atoms with Gasteiger partial charge in [-0.25, -0.2) is 0 Å². The first-order valence-electron chi connectivity index (χ1n) is 8.68. The van der Waals surface area contributed by atoms with E-state index in [2.05, 4.69) is 5.32 Å². The van der Waals surface area contributed by atoms with Gasteiger partial charge in [0.1, 0.15) is 11.9 Å². The van der Waals surface area contributed by atoms with E-state index in [0.29, 0.717) is 21.4 Å². The summed E-state index contributed by atoms with van der Waals surface area (Å²) < 4.78 is 0. The number of amidine groups is 1. The minimum atomic E-state index is -1.22. The average Bonchev–Trinajstić information content (AvgIpc) is 3.14. The number of aliphatic imine (C=N–C) groups is 1. The normalized spacial score (nSPS) is 17.8. The van der Waals surface area contributed by atoms with Gasteiger partial charge in [0.25, 0.3) is 0 Å². The van der Waals surface area contributed by atoms with E-state index in [9.17, 15) is 9.90 Å². The second-order valence-electron chi connectivity index (χ2n) is 6.52. The molecule has 3 aromatic rings. The van der Waals surface area contributed by atoms with Crippen molar-refractivity contribution in [3.05, 3.63) is 105 Å². The van der Waals surface area contributed by atoms with E-state index in [1.807, 2.05) is 54.6 Å². The maximum absolute atomic E-state index is 11.2. The molecule has 0 amide bonds. The molecule has 4 nitrogen and oxygen atoms in total. The average molecular weight is 433 g/mol. The van der Waals surface area contributed by atoms with Gasteiger partial charge in [-0.2, -0.15) is 0 Å². The van der Waals surface area contributed by atoms with Crippen LogP contribution < -0.4 is 40.0 Å². The zero-order valence-electron chi connectivity index (χ0n) is 15.6. The number of nitrogens with zero attached hydrogens (tertiary/aromatic N) is 1. The number of carboxylic acids is 1. The first kappa shape index (κ1) is 21.9. The molecule has 0 bridgehead atoms. The SMILES string of the molecule is O=C([O-])c1cccc(C2=NC(c3ccc(Cl)cc3)C(c3ccc(Cl)cc3)N2)c1.[Na+]. The van der Waals surface area contributed by atoms with Crippen LogP contribution in [0.1, 0.15) is 39.1 Å². The zero-order chi connectivity index (χ0) is 19.7. The third-order valence-corrected chi connectivity index (χ3v) is 5.19. The molecule has 3 aromatic carbocycles. The number of hydrogen-bond acceptors (Lipinski definition) is 4. The van der Waals surface area contributed by atoms with Crippen molar-refractivity contribution >= 4 is 35.0 Å². The Morgan fingerprint density at radius 1 is 0.897 bits per heavy atom. The summed E-state index contributed by atoms with van der Waals surface area (Å²) in [6.07, 6.45) is 0. The van der Waals surface area contributed by atoms with Crippen molar-refractivity contribution < 1.29 is 39.5 Å². The second-order valence-corrected chi connectivity index (χ2v) is 7.39. The van der Waals surface area contributed by atoms with E-state index < -0.39 is 5.97 Å². The van der Waals surface area contributed by atoms with Gasteiger partial charge >= 0.3 is 29.6 Å². The fourth-order valence-electron chi connectivity index (χ4n) is 3.29. The number of benzene rings is 3. The summed E-state index contributed by atoms with van der Waals surface area (Å²) in [4.78, 5) is 16.1. The molecule has 0 aromatic heterocycles. The van der Waals surface area contributed by atoms with Gasteiger partial charge in [0.2, 0.25) is 0 Å². The summed E-state index contributed by atoms with van der Waals surface area (Å²) in [5, 5.41) is 16.0. The van der Waals surface area contributed by atoms with Crippen LogP contribution in [0.2, 0.25) is 10.0 Å². The molecule has 140 valence electrons. The van der Waals surface area contributed by atoms with Gasteiger partial charge in [-0.3, -0.25) is 4.99 Å². The monoisotopic (exact) mass is 432 g/mol. The fourth-order valence-corrected chi connectivity index (χ4v) is 3.54. The van der Waals surface area contributed by atoms with Crippen LogP contribution in [-0.4, -0.2) is 11.8 Å². The molecule has 1 heterocycles. The minimum Gasteiger partial charge on any atom is -0.545 e. The Morgan fingerprint density at radius 2 is 1.48 bits per heavy atom. The number of nitrogens with one attached hydrogen (secondary N) is 1. The Labute approximate surface area is 200 Å². The number of carbonyl (C=O) groups is 1. The molecule has 1 N–H and O–H groups in total. The van der Waals surface area contributed by atoms with Gasteiger partial charge in [-0.05, 0) is 47.0 Å². The molecule has 1 aliphatic heterocycles. The van der Waals surface area contributed by atoms with Gasteiger partial charge in [0.15, 0.2) is 0 Å². The Bertz CT molecular complexity index is 1050. The largest absolute Gasteiger partial charge is 1.00 e. The fraction of sp³-hybridized carbons (Fsp3) is 0.0909. The molecule has 0 spiro atoms. The third kappa shape index (κ3) is 4.85. The summed E-state index contributed by atoms with van der Waals surface area (Å²) in [6, 6.07) is 21.4. The summed E-state index contributed by atoms with van der Waals surface area (Å²) in [5.41, 5.74) is 2.83. The van der Waals surface area contributed by atoms with Crippen LogP contribution in [0, 0.1) is 0 Å². The molecule has 0 saturated carbocycles. The van der Waals surface area contributed by atoms with E-state index >= 15 is 0 Å². The molecule has 1 aliphatic rings. The maximum atomic E-state index is 11.2. The second kappa shape index (κ2) is 9.33. The van der Waals surface area contributed by atoms with E-state index in [1.165, 1.54) is 6.07 Å². The predicted molar refractivity (Wildman–Crippen MR) is 109 cm³/mol. The van der Waals surface area contributed by atoms with Gasteiger partial charge in [0.05, 0.1) is 12.0 Å². The molecule has 0 saturated heterocycles. The van der Waals surface area contributed by atoms with Crippen molar-refractivity contribution in [2.24, 2.45) is 4.99 Å². The summed E-state index contributed by atoms with van der Waals surface area (Å²) >= 11 is 12.1. The van der Waals surface area contributed by atoms with Gasteiger partial charge in [0, 0.05) is 15.6 Å². The first-order chi connectivity index (χ1) is 13.5. The molecule has 0 radical (unpaired) electrons.